The van der Waals surface area contributed by atoms with Gasteiger partial charge in [-0.05, 0) is 30.9 Å². The van der Waals surface area contributed by atoms with Gasteiger partial charge in [-0.25, -0.2) is 4.98 Å². The Bertz CT molecular complexity index is 529. The molecule has 0 saturated carbocycles. The minimum absolute atomic E-state index is 0.701. The molecular weight excluding hydrogens is 236 g/mol. The van der Waals surface area contributed by atoms with Crippen LogP contribution < -0.4 is 5.32 Å². The highest BCUT2D eigenvalue weighted by molar-refractivity contribution is 5.11. The predicted octanol–water partition coefficient (Wildman–Crippen LogP) is 1.94. The molecule has 1 atom stereocenters. The second kappa shape index (κ2) is 5.53. The first-order valence-electron chi connectivity index (χ1n) is 6.93. The van der Waals surface area contributed by atoms with Crippen molar-refractivity contribution in [1.82, 2.24) is 19.9 Å². The van der Waals surface area contributed by atoms with Crippen LogP contribution in [0.2, 0.25) is 0 Å². The lowest BCUT2D eigenvalue weighted by Gasteiger charge is -2.24. The van der Waals surface area contributed by atoms with Crippen molar-refractivity contribution >= 4 is 0 Å². The molecule has 1 N–H and O–H groups in total. The van der Waals surface area contributed by atoms with Gasteiger partial charge in [0.2, 0.25) is 0 Å². The Morgan fingerprint density at radius 1 is 1.37 bits per heavy atom. The van der Waals surface area contributed by atoms with Crippen molar-refractivity contribution in [3.63, 3.8) is 0 Å². The van der Waals surface area contributed by atoms with Gasteiger partial charge in [0.1, 0.15) is 5.82 Å². The van der Waals surface area contributed by atoms with Crippen molar-refractivity contribution in [3.05, 3.63) is 47.8 Å². The minimum Gasteiger partial charge on any atom is -0.335 e. The monoisotopic (exact) mass is 256 g/mol. The molecule has 19 heavy (non-hydrogen) atoms. The lowest BCUT2D eigenvalue weighted by atomic mass is 9.99. The van der Waals surface area contributed by atoms with Gasteiger partial charge in [-0.1, -0.05) is 6.07 Å². The molecular formula is C15H20N4. The first-order chi connectivity index (χ1) is 9.31. The Labute approximate surface area is 113 Å². The van der Waals surface area contributed by atoms with Crippen LogP contribution in [0.1, 0.15) is 23.5 Å². The molecule has 0 spiro atoms. The fourth-order valence-electron chi connectivity index (χ4n) is 2.61. The average Bonchev–Trinajstić information content (AvgIpc) is 2.88. The molecule has 2 aromatic rings. The molecule has 0 radical (unpaired) electrons. The highest BCUT2D eigenvalue weighted by Gasteiger charge is 2.18. The maximum Gasteiger partial charge on any atom is 0.108 e. The Kier molecular flexibility index (Phi) is 3.60. The van der Waals surface area contributed by atoms with Crippen LogP contribution in [-0.2, 0) is 19.5 Å². The van der Waals surface area contributed by atoms with Gasteiger partial charge in [0, 0.05) is 44.6 Å². The molecule has 0 bridgehead atoms. The van der Waals surface area contributed by atoms with E-state index in [-0.39, 0.29) is 0 Å². The summed E-state index contributed by atoms with van der Waals surface area (Å²) in [4.78, 5) is 8.77. The van der Waals surface area contributed by atoms with Gasteiger partial charge in [-0.15, -0.1) is 0 Å². The smallest absolute Gasteiger partial charge is 0.108 e. The van der Waals surface area contributed by atoms with Gasteiger partial charge in [-0.2, -0.15) is 0 Å². The number of rotatable bonds is 4. The fourth-order valence-corrected chi connectivity index (χ4v) is 2.61. The Balaban J connectivity index is 1.47. The zero-order valence-electron chi connectivity index (χ0n) is 11.3. The first kappa shape index (κ1) is 12.4. The third-order valence-electron chi connectivity index (χ3n) is 3.74. The maximum absolute atomic E-state index is 4.41. The normalized spacial score (nSPS) is 18.3. The number of hydrogen-bond acceptors (Lipinski definition) is 3. The molecule has 0 amide bonds. The Morgan fingerprint density at radius 2 is 2.32 bits per heavy atom. The van der Waals surface area contributed by atoms with Crippen LogP contribution >= 0.6 is 0 Å². The van der Waals surface area contributed by atoms with Gasteiger partial charge in [-0.3, -0.25) is 4.98 Å². The standard InChI is InChI=1S/C15H20N4/c1-12-2-4-14(18-8-12)10-16-9-13-3-5-15-17-6-7-19(15)11-13/h2,4,6-8,13,16H,3,5,9-11H2,1H3/t13-/m0/s1. The Morgan fingerprint density at radius 3 is 3.16 bits per heavy atom. The van der Waals surface area contributed by atoms with Crippen LogP contribution in [0.5, 0.6) is 0 Å². The number of fused-ring (bicyclic) bond motifs is 1. The van der Waals surface area contributed by atoms with E-state index in [0.29, 0.717) is 5.92 Å². The number of aryl methyl sites for hydroxylation is 2. The summed E-state index contributed by atoms with van der Waals surface area (Å²) in [6, 6.07) is 4.21. The number of aromatic nitrogens is 3. The molecule has 0 aliphatic carbocycles. The molecule has 3 rings (SSSR count). The van der Waals surface area contributed by atoms with E-state index in [0.717, 1.165) is 31.7 Å². The van der Waals surface area contributed by atoms with Gasteiger partial charge < -0.3 is 9.88 Å². The zero-order valence-corrected chi connectivity index (χ0v) is 11.3. The highest BCUT2D eigenvalue weighted by Crippen LogP contribution is 2.17. The lowest BCUT2D eigenvalue weighted by molar-refractivity contribution is 0.347. The van der Waals surface area contributed by atoms with Gasteiger partial charge in [0.05, 0.1) is 5.69 Å². The van der Waals surface area contributed by atoms with Crippen molar-refractivity contribution in [3.8, 4) is 0 Å². The molecule has 0 aromatic carbocycles. The van der Waals surface area contributed by atoms with Crippen LogP contribution in [0.3, 0.4) is 0 Å². The van der Waals surface area contributed by atoms with Crippen LogP contribution in [0.4, 0.5) is 0 Å². The van der Waals surface area contributed by atoms with E-state index in [1.165, 1.54) is 17.8 Å². The minimum atomic E-state index is 0.701. The molecule has 1 aliphatic rings. The van der Waals surface area contributed by atoms with Crippen molar-refractivity contribution in [2.75, 3.05) is 6.54 Å². The zero-order chi connectivity index (χ0) is 13.1. The average molecular weight is 256 g/mol. The maximum atomic E-state index is 4.41. The summed E-state index contributed by atoms with van der Waals surface area (Å²) in [6.45, 7) is 5.05. The van der Waals surface area contributed by atoms with Crippen molar-refractivity contribution < 1.29 is 0 Å². The summed E-state index contributed by atoms with van der Waals surface area (Å²) in [5.74, 6) is 1.93. The molecule has 0 unspecified atom stereocenters. The number of hydrogen-bond donors (Lipinski definition) is 1. The third-order valence-corrected chi connectivity index (χ3v) is 3.74. The summed E-state index contributed by atoms with van der Waals surface area (Å²) in [5, 5.41) is 3.52. The largest absolute Gasteiger partial charge is 0.335 e. The van der Waals surface area contributed by atoms with Gasteiger partial charge >= 0.3 is 0 Å². The molecule has 4 nitrogen and oxygen atoms in total. The van der Waals surface area contributed by atoms with Gasteiger partial charge in [0.15, 0.2) is 0 Å². The van der Waals surface area contributed by atoms with Crippen molar-refractivity contribution in [1.29, 1.82) is 0 Å². The predicted molar refractivity (Wildman–Crippen MR) is 74.7 cm³/mol. The van der Waals surface area contributed by atoms with Crippen LogP contribution in [0.15, 0.2) is 30.7 Å². The molecule has 1 aliphatic heterocycles. The summed E-state index contributed by atoms with van der Waals surface area (Å²) in [7, 11) is 0. The number of pyridine rings is 1. The topological polar surface area (TPSA) is 42.7 Å². The van der Waals surface area contributed by atoms with Crippen molar-refractivity contribution in [2.45, 2.75) is 32.9 Å². The molecule has 100 valence electrons. The quantitative estimate of drug-likeness (QED) is 0.909. The van der Waals surface area contributed by atoms with E-state index in [1.54, 1.807) is 0 Å². The fraction of sp³-hybridized carbons (Fsp3) is 0.467. The van der Waals surface area contributed by atoms with Crippen LogP contribution in [0.25, 0.3) is 0 Å². The summed E-state index contributed by atoms with van der Waals surface area (Å²) >= 11 is 0. The van der Waals surface area contributed by atoms with Crippen LogP contribution in [-0.4, -0.2) is 21.1 Å². The van der Waals surface area contributed by atoms with E-state index in [2.05, 4.69) is 45.1 Å². The summed E-state index contributed by atoms with van der Waals surface area (Å²) < 4.78 is 2.28. The molecule has 3 heterocycles. The number of nitrogens with zero attached hydrogens (tertiary/aromatic N) is 3. The first-order valence-corrected chi connectivity index (χ1v) is 6.93. The molecule has 4 heteroatoms. The van der Waals surface area contributed by atoms with E-state index >= 15 is 0 Å². The third kappa shape index (κ3) is 3.01. The van der Waals surface area contributed by atoms with E-state index < -0.39 is 0 Å². The molecule has 0 fully saturated rings. The van der Waals surface area contributed by atoms with E-state index in [4.69, 9.17) is 0 Å². The highest BCUT2D eigenvalue weighted by atomic mass is 15.1. The lowest BCUT2D eigenvalue weighted by Crippen LogP contribution is -2.29. The summed E-state index contributed by atoms with van der Waals surface area (Å²) in [6.07, 6.45) is 8.24. The summed E-state index contributed by atoms with van der Waals surface area (Å²) in [5.41, 5.74) is 2.33. The number of imidazole rings is 1. The molecule has 2 aromatic heterocycles. The van der Waals surface area contributed by atoms with E-state index in [1.807, 2.05) is 12.4 Å². The Hall–Kier alpha value is -1.68. The second-order valence-corrected chi connectivity index (χ2v) is 5.36. The van der Waals surface area contributed by atoms with Gasteiger partial charge in [0.25, 0.3) is 0 Å². The SMILES string of the molecule is Cc1ccc(CNC[C@@H]2CCc3nccn3C2)nc1. The second-order valence-electron chi connectivity index (χ2n) is 5.36. The molecule has 0 saturated heterocycles. The number of nitrogens with one attached hydrogen (secondary N) is 1. The van der Waals surface area contributed by atoms with Crippen LogP contribution in [0, 0.1) is 12.8 Å². The van der Waals surface area contributed by atoms with Crippen molar-refractivity contribution in [2.24, 2.45) is 5.92 Å². The van der Waals surface area contributed by atoms with E-state index in [9.17, 15) is 0 Å².